The Kier molecular flexibility index (Phi) is 1.68. The average molecular weight is 167 g/mol. The van der Waals surface area contributed by atoms with Gasteiger partial charge < -0.3 is 10.1 Å². The Bertz CT molecular complexity index is 321. The fourth-order valence-corrected chi connectivity index (χ4v) is 1.97. The fraction of sp³-hybridized carbons (Fsp3) is 0.250. The maximum atomic E-state index is 8.67. The number of hydrogen-bond acceptors (Lipinski definition) is 2. The van der Waals surface area contributed by atoms with Crippen molar-refractivity contribution in [3.05, 3.63) is 23.2 Å². The van der Waals surface area contributed by atoms with Crippen molar-refractivity contribution < 1.29 is 5.11 Å². The molecule has 2 nitrogen and oxygen atoms in total. The molecule has 0 atom stereocenters. The van der Waals surface area contributed by atoms with Crippen LogP contribution < -0.4 is 0 Å². The first-order valence-corrected chi connectivity index (χ1v) is 4.44. The molecule has 0 radical (unpaired) electrons. The molecule has 0 aliphatic heterocycles. The number of thiophene rings is 1. The predicted molar refractivity (Wildman–Crippen MR) is 47.0 cm³/mol. The van der Waals surface area contributed by atoms with E-state index in [1.165, 1.54) is 10.2 Å². The van der Waals surface area contributed by atoms with Crippen LogP contribution in [0.2, 0.25) is 0 Å². The Morgan fingerprint density at radius 1 is 1.55 bits per heavy atom. The fourth-order valence-electron chi connectivity index (χ4n) is 1.16. The van der Waals surface area contributed by atoms with Gasteiger partial charge >= 0.3 is 0 Å². The highest BCUT2D eigenvalue weighted by Crippen LogP contribution is 2.21. The summed E-state index contributed by atoms with van der Waals surface area (Å²) in [7, 11) is 0. The van der Waals surface area contributed by atoms with Gasteiger partial charge in [0, 0.05) is 18.7 Å². The van der Waals surface area contributed by atoms with Gasteiger partial charge in [0.05, 0.1) is 10.2 Å². The topological polar surface area (TPSA) is 36.0 Å². The quantitative estimate of drug-likeness (QED) is 0.702. The van der Waals surface area contributed by atoms with E-state index in [4.69, 9.17) is 5.11 Å². The number of hydrogen-bond donors (Lipinski definition) is 2. The molecule has 0 aromatic carbocycles. The highest BCUT2D eigenvalue weighted by atomic mass is 32.1. The van der Waals surface area contributed by atoms with Gasteiger partial charge in [-0.1, -0.05) is 0 Å². The van der Waals surface area contributed by atoms with Crippen LogP contribution in [0.1, 0.15) is 5.69 Å². The zero-order valence-corrected chi connectivity index (χ0v) is 6.82. The zero-order valence-electron chi connectivity index (χ0n) is 6.00. The molecule has 11 heavy (non-hydrogen) atoms. The van der Waals surface area contributed by atoms with Crippen LogP contribution in [0.4, 0.5) is 0 Å². The predicted octanol–water partition coefficient (Wildman–Crippen LogP) is 1.76. The molecule has 0 saturated heterocycles. The molecule has 0 saturated carbocycles. The summed E-state index contributed by atoms with van der Waals surface area (Å²) < 4.78 is 1.27. The normalized spacial score (nSPS) is 11.0. The van der Waals surface area contributed by atoms with Crippen molar-refractivity contribution in [2.24, 2.45) is 0 Å². The van der Waals surface area contributed by atoms with E-state index in [-0.39, 0.29) is 6.61 Å². The highest BCUT2D eigenvalue weighted by molar-refractivity contribution is 7.17. The van der Waals surface area contributed by atoms with Crippen LogP contribution in [-0.4, -0.2) is 16.7 Å². The Balaban J connectivity index is 2.42. The molecule has 0 spiro atoms. The lowest BCUT2D eigenvalue weighted by Gasteiger charge is -1.88. The first kappa shape index (κ1) is 6.88. The molecule has 3 heteroatoms. The van der Waals surface area contributed by atoms with Gasteiger partial charge in [0.25, 0.3) is 0 Å². The van der Waals surface area contributed by atoms with Gasteiger partial charge in [0.15, 0.2) is 0 Å². The lowest BCUT2D eigenvalue weighted by Crippen LogP contribution is -1.88. The number of H-pyrrole nitrogens is 1. The van der Waals surface area contributed by atoms with E-state index in [1.54, 1.807) is 11.3 Å². The number of aromatic nitrogens is 1. The third kappa shape index (κ3) is 1.17. The summed E-state index contributed by atoms with van der Waals surface area (Å²) in [6.07, 6.45) is 0.724. The van der Waals surface area contributed by atoms with Gasteiger partial charge in [-0.05, 0) is 17.5 Å². The standard InChI is InChI=1S/C8H9NOS/c10-3-1-6-5-8-7(9-6)2-4-11-8/h2,4-5,9-10H,1,3H2. The summed E-state index contributed by atoms with van der Waals surface area (Å²) in [5.41, 5.74) is 2.30. The molecule has 2 aromatic rings. The number of aromatic amines is 1. The van der Waals surface area contributed by atoms with Crippen molar-refractivity contribution >= 4 is 21.6 Å². The maximum Gasteiger partial charge on any atom is 0.0565 e. The third-order valence-electron chi connectivity index (χ3n) is 1.68. The summed E-state index contributed by atoms with van der Waals surface area (Å²) in [6.45, 7) is 0.216. The number of aliphatic hydroxyl groups is 1. The molecule has 58 valence electrons. The van der Waals surface area contributed by atoms with Gasteiger partial charge in [-0.2, -0.15) is 0 Å². The zero-order chi connectivity index (χ0) is 7.68. The molecule has 0 amide bonds. The number of rotatable bonds is 2. The van der Waals surface area contributed by atoms with Gasteiger partial charge in [-0.15, -0.1) is 11.3 Å². The minimum Gasteiger partial charge on any atom is -0.396 e. The minimum absolute atomic E-state index is 0.216. The lowest BCUT2D eigenvalue weighted by atomic mass is 10.3. The van der Waals surface area contributed by atoms with Crippen molar-refractivity contribution in [3.63, 3.8) is 0 Å². The Labute approximate surface area is 68.5 Å². The van der Waals surface area contributed by atoms with Crippen molar-refractivity contribution in [1.82, 2.24) is 4.98 Å². The van der Waals surface area contributed by atoms with Gasteiger partial charge in [0.1, 0.15) is 0 Å². The molecule has 0 bridgehead atoms. The van der Waals surface area contributed by atoms with Crippen LogP contribution in [0.15, 0.2) is 17.5 Å². The summed E-state index contributed by atoms with van der Waals surface area (Å²) in [6, 6.07) is 4.15. The van der Waals surface area contributed by atoms with Crippen LogP contribution in [-0.2, 0) is 6.42 Å². The van der Waals surface area contributed by atoms with Gasteiger partial charge in [-0.25, -0.2) is 0 Å². The van der Waals surface area contributed by atoms with Crippen molar-refractivity contribution in [2.75, 3.05) is 6.61 Å². The number of fused-ring (bicyclic) bond motifs is 1. The van der Waals surface area contributed by atoms with E-state index in [0.29, 0.717) is 0 Å². The molecule has 0 fully saturated rings. The van der Waals surface area contributed by atoms with Gasteiger partial charge in [-0.3, -0.25) is 0 Å². The van der Waals surface area contributed by atoms with E-state index >= 15 is 0 Å². The summed E-state index contributed by atoms with van der Waals surface area (Å²) >= 11 is 1.72. The smallest absolute Gasteiger partial charge is 0.0565 e. The highest BCUT2D eigenvalue weighted by Gasteiger charge is 1.99. The molecule has 0 aliphatic rings. The largest absolute Gasteiger partial charge is 0.396 e. The second-order valence-corrected chi connectivity index (χ2v) is 3.41. The van der Waals surface area contributed by atoms with Crippen LogP contribution in [0.25, 0.3) is 10.2 Å². The minimum atomic E-state index is 0.216. The van der Waals surface area contributed by atoms with E-state index in [9.17, 15) is 0 Å². The molecule has 2 rings (SSSR count). The van der Waals surface area contributed by atoms with E-state index in [0.717, 1.165) is 12.1 Å². The summed E-state index contributed by atoms with van der Waals surface area (Å²) in [5, 5.41) is 10.7. The molecule has 0 aliphatic carbocycles. The van der Waals surface area contributed by atoms with Crippen molar-refractivity contribution in [2.45, 2.75) is 6.42 Å². The maximum absolute atomic E-state index is 8.67. The molecule has 0 unspecified atom stereocenters. The van der Waals surface area contributed by atoms with Crippen LogP contribution in [0, 0.1) is 0 Å². The summed E-state index contributed by atoms with van der Waals surface area (Å²) in [4.78, 5) is 3.23. The molecular formula is C8H9NOS. The molecule has 2 heterocycles. The molecular weight excluding hydrogens is 158 g/mol. The number of aliphatic hydroxyl groups excluding tert-OH is 1. The van der Waals surface area contributed by atoms with Crippen molar-refractivity contribution in [1.29, 1.82) is 0 Å². The Hall–Kier alpha value is -0.800. The van der Waals surface area contributed by atoms with E-state index < -0.39 is 0 Å². The first-order chi connectivity index (χ1) is 5.40. The monoisotopic (exact) mass is 167 g/mol. The third-order valence-corrected chi connectivity index (χ3v) is 2.54. The average Bonchev–Trinajstić information content (AvgIpc) is 2.46. The molecule has 2 aromatic heterocycles. The molecule has 2 N–H and O–H groups in total. The lowest BCUT2D eigenvalue weighted by molar-refractivity contribution is 0.298. The van der Waals surface area contributed by atoms with Gasteiger partial charge in [0.2, 0.25) is 0 Å². The first-order valence-electron chi connectivity index (χ1n) is 3.56. The Morgan fingerprint density at radius 3 is 3.18 bits per heavy atom. The van der Waals surface area contributed by atoms with E-state index in [2.05, 4.69) is 22.5 Å². The second kappa shape index (κ2) is 2.68. The van der Waals surface area contributed by atoms with Crippen molar-refractivity contribution in [3.8, 4) is 0 Å². The second-order valence-electron chi connectivity index (χ2n) is 2.47. The van der Waals surface area contributed by atoms with E-state index in [1.807, 2.05) is 0 Å². The summed E-state index contributed by atoms with van der Waals surface area (Å²) in [5.74, 6) is 0. The number of nitrogens with one attached hydrogen (secondary N) is 1. The van der Waals surface area contributed by atoms with Crippen LogP contribution in [0.5, 0.6) is 0 Å². The van der Waals surface area contributed by atoms with Crippen LogP contribution >= 0.6 is 11.3 Å². The Morgan fingerprint density at radius 2 is 2.45 bits per heavy atom. The SMILES string of the molecule is OCCc1cc2sccc2[nH]1. The van der Waals surface area contributed by atoms with Crippen LogP contribution in [0.3, 0.4) is 0 Å².